The van der Waals surface area contributed by atoms with Gasteiger partial charge in [0.1, 0.15) is 0 Å². The molecule has 2 aliphatic rings. The molecule has 0 saturated carbocycles. The first kappa shape index (κ1) is 13.8. The summed E-state index contributed by atoms with van der Waals surface area (Å²) in [6.45, 7) is 2.36. The number of fused-ring (bicyclic) bond motifs is 2. The molecule has 2 aliphatic carbocycles. The van der Waals surface area contributed by atoms with Gasteiger partial charge in [-0.15, -0.1) is 0 Å². The molecule has 2 atom stereocenters. The molecule has 0 heteroatoms. The molecule has 0 aliphatic heterocycles. The predicted molar refractivity (Wildman–Crippen MR) is 94.3 cm³/mol. The van der Waals surface area contributed by atoms with Gasteiger partial charge in [-0.05, 0) is 65.8 Å². The SMILES string of the molecule is CC(CC1C=Cc2cc3c(cc21)CCCC3)c1ccccc1. The summed E-state index contributed by atoms with van der Waals surface area (Å²) in [5.74, 6) is 1.20. The van der Waals surface area contributed by atoms with E-state index in [2.05, 4.69) is 61.5 Å². The Hall–Kier alpha value is -1.82. The smallest absolute Gasteiger partial charge is 0.00330 e. The Balaban J connectivity index is 1.58. The molecule has 0 saturated heterocycles. The zero-order valence-electron chi connectivity index (χ0n) is 13.4. The third kappa shape index (κ3) is 2.52. The van der Waals surface area contributed by atoms with Crippen LogP contribution in [0.5, 0.6) is 0 Å². The van der Waals surface area contributed by atoms with Gasteiger partial charge in [-0.2, -0.15) is 0 Å². The highest BCUT2D eigenvalue weighted by Crippen LogP contribution is 2.39. The highest BCUT2D eigenvalue weighted by molar-refractivity contribution is 5.64. The van der Waals surface area contributed by atoms with Crippen LogP contribution in [0.3, 0.4) is 0 Å². The second-order valence-corrected chi connectivity index (χ2v) is 6.97. The van der Waals surface area contributed by atoms with Crippen molar-refractivity contribution in [2.24, 2.45) is 0 Å². The first-order chi connectivity index (χ1) is 10.8. The van der Waals surface area contributed by atoms with Crippen LogP contribution in [0.1, 0.15) is 65.8 Å². The molecule has 0 aromatic heterocycles. The molecular weight excluding hydrogens is 264 g/mol. The maximum Gasteiger partial charge on any atom is 0.00330 e. The van der Waals surface area contributed by atoms with Gasteiger partial charge in [0.2, 0.25) is 0 Å². The van der Waals surface area contributed by atoms with Crippen molar-refractivity contribution in [3.63, 3.8) is 0 Å². The van der Waals surface area contributed by atoms with Crippen molar-refractivity contribution in [1.82, 2.24) is 0 Å². The minimum absolute atomic E-state index is 0.595. The lowest BCUT2D eigenvalue weighted by atomic mass is 9.83. The van der Waals surface area contributed by atoms with Crippen molar-refractivity contribution in [2.75, 3.05) is 0 Å². The normalized spacial score (nSPS) is 20.5. The number of hydrogen-bond acceptors (Lipinski definition) is 0. The van der Waals surface area contributed by atoms with Gasteiger partial charge in [0.25, 0.3) is 0 Å². The van der Waals surface area contributed by atoms with Gasteiger partial charge in [-0.25, -0.2) is 0 Å². The van der Waals surface area contributed by atoms with Crippen LogP contribution in [-0.4, -0.2) is 0 Å². The molecule has 4 rings (SSSR count). The van der Waals surface area contributed by atoms with E-state index in [1.54, 1.807) is 16.7 Å². The maximum atomic E-state index is 2.52. The first-order valence-electron chi connectivity index (χ1n) is 8.70. The van der Waals surface area contributed by atoms with Crippen LogP contribution in [0.2, 0.25) is 0 Å². The van der Waals surface area contributed by atoms with Crippen molar-refractivity contribution in [3.05, 3.63) is 76.4 Å². The summed E-state index contributed by atoms with van der Waals surface area (Å²) in [4.78, 5) is 0. The number of benzene rings is 2. The van der Waals surface area contributed by atoms with Crippen LogP contribution in [0.25, 0.3) is 6.08 Å². The van der Waals surface area contributed by atoms with Crippen LogP contribution < -0.4 is 0 Å². The second-order valence-electron chi connectivity index (χ2n) is 6.97. The minimum Gasteiger partial charge on any atom is -0.0764 e. The van der Waals surface area contributed by atoms with Crippen molar-refractivity contribution < 1.29 is 0 Å². The molecule has 0 nitrogen and oxygen atoms in total. The van der Waals surface area contributed by atoms with E-state index < -0.39 is 0 Å². The number of rotatable bonds is 3. The molecule has 0 N–H and O–H groups in total. The van der Waals surface area contributed by atoms with Crippen molar-refractivity contribution >= 4 is 6.08 Å². The van der Waals surface area contributed by atoms with E-state index in [0.717, 1.165) is 0 Å². The monoisotopic (exact) mass is 288 g/mol. The summed E-state index contributed by atoms with van der Waals surface area (Å²) in [5, 5.41) is 0. The highest BCUT2D eigenvalue weighted by atomic mass is 14.3. The van der Waals surface area contributed by atoms with Gasteiger partial charge < -0.3 is 0 Å². The fourth-order valence-corrected chi connectivity index (χ4v) is 4.12. The lowest BCUT2D eigenvalue weighted by molar-refractivity contribution is 0.630. The molecule has 2 aromatic rings. The summed E-state index contributed by atoms with van der Waals surface area (Å²) in [5.41, 5.74) is 7.73. The van der Waals surface area contributed by atoms with Crippen LogP contribution >= 0.6 is 0 Å². The van der Waals surface area contributed by atoms with E-state index in [4.69, 9.17) is 0 Å². The van der Waals surface area contributed by atoms with Gasteiger partial charge >= 0.3 is 0 Å². The van der Waals surface area contributed by atoms with Crippen molar-refractivity contribution in [1.29, 1.82) is 0 Å². The Morgan fingerprint density at radius 3 is 2.50 bits per heavy atom. The third-order valence-electron chi connectivity index (χ3n) is 5.43. The summed E-state index contributed by atoms with van der Waals surface area (Å²) >= 11 is 0. The van der Waals surface area contributed by atoms with Gasteiger partial charge in [0.05, 0.1) is 0 Å². The third-order valence-corrected chi connectivity index (χ3v) is 5.43. The van der Waals surface area contributed by atoms with Crippen molar-refractivity contribution in [3.8, 4) is 0 Å². The van der Waals surface area contributed by atoms with Gasteiger partial charge in [-0.3, -0.25) is 0 Å². The van der Waals surface area contributed by atoms with E-state index in [1.807, 2.05) is 0 Å². The van der Waals surface area contributed by atoms with Crippen LogP contribution in [0.15, 0.2) is 48.5 Å². The Labute approximate surface area is 133 Å². The standard InChI is InChI=1S/C22H24/c1-16(17-7-3-2-4-8-17)13-20-11-12-21-14-18-9-5-6-10-19(18)15-22(20)21/h2-4,7-8,11-12,14-16,20H,5-6,9-10,13H2,1H3. The number of allylic oxidation sites excluding steroid dienone is 1. The van der Waals surface area contributed by atoms with E-state index >= 15 is 0 Å². The zero-order chi connectivity index (χ0) is 14.9. The second kappa shape index (κ2) is 5.76. The van der Waals surface area contributed by atoms with E-state index in [1.165, 1.54) is 43.2 Å². The van der Waals surface area contributed by atoms with Gasteiger partial charge in [-0.1, -0.05) is 61.5 Å². The molecule has 2 unspecified atom stereocenters. The summed E-state index contributed by atoms with van der Waals surface area (Å²) in [6, 6.07) is 15.9. The minimum atomic E-state index is 0.595. The largest absolute Gasteiger partial charge is 0.0764 e. The van der Waals surface area contributed by atoms with E-state index in [9.17, 15) is 0 Å². The quantitative estimate of drug-likeness (QED) is 0.662. The average molecular weight is 288 g/mol. The molecular formula is C22H24. The zero-order valence-corrected chi connectivity index (χ0v) is 13.4. The Bertz CT molecular complexity index is 693. The van der Waals surface area contributed by atoms with Gasteiger partial charge in [0.15, 0.2) is 0 Å². The highest BCUT2D eigenvalue weighted by Gasteiger charge is 2.22. The lowest BCUT2D eigenvalue weighted by Crippen LogP contribution is -2.06. The van der Waals surface area contributed by atoms with Crippen LogP contribution in [0, 0.1) is 0 Å². The molecule has 0 amide bonds. The Morgan fingerprint density at radius 2 is 1.73 bits per heavy atom. The van der Waals surface area contributed by atoms with E-state index in [-0.39, 0.29) is 0 Å². The summed E-state index contributed by atoms with van der Waals surface area (Å²) < 4.78 is 0. The predicted octanol–water partition coefficient (Wildman–Crippen LogP) is 5.87. The Kier molecular flexibility index (Phi) is 3.62. The molecule has 0 spiro atoms. The molecule has 0 heterocycles. The molecule has 112 valence electrons. The van der Waals surface area contributed by atoms with Gasteiger partial charge in [0, 0.05) is 5.92 Å². The summed E-state index contributed by atoms with van der Waals surface area (Å²) in [6.07, 6.45) is 11.3. The molecule has 0 fully saturated rings. The van der Waals surface area contributed by atoms with Crippen LogP contribution in [0.4, 0.5) is 0 Å². The molecule has 0 radical (unpaired) electrons. The molecule has 22 heavy (non-hydrogen) atoms. The Morgan fingerprint density at radius 1 is 1.00 bits per heavy atom. The molecule has 0 bridgehead atoms. The number of aryl methyl sites for hydroxylation is 2. The molecule has 2 aromatic carbocycles. The lowest BCUT2D eigenvalue weighted by Gasteiger charge is -2.21. The fraction of sp³-hybridized carbons (Fsp3) is 0.364. The van der Waals surface area contributed by atoms with Crippen molar-refractivity contribution in [2.45, 2.75) is 50.9 Å². The van der Waals surface area contributed by atoms with Crippen LogP contribution in [-0.2, 0) is 12.8 Å². The van der Waals surface area contributed by atoms with E-state index in [0.29, 0.717) is 11.8 Å². The maximum absolute atomic E-state index is 2.52. The average Bonchev–Trinajstić information content (AvgIpc) is 2.95. The summed E-state index contributed by atoms with van der Waals surface area (Å²) in [7, 11) is 0. The number of hydrogen-bond donors (Lipinski definition) is 0. The fourth-order valence-electron chi connectivity index (χ4n) is 4.12. The first-order valence-corrected chi connectivity index (χ1v) is 8.70. The topological polar surface area (TPSA) is 0 Å².